The van der Waals surface area contributed by atoms with Gasteiger partial charge in [0.1, 0.15) is 0 Å². The van der Waals surface area contributed by atoms with E-state index in [-0.39, 0.29) is 18.4 Å². The van der Waals surface area contributed by atoms with Crippen LogP contribution in [-0.4, -0.2) is 18.5 Å². The summed E-state index contributed by atoms with van der Waals surface area (Å²) < 4.78 is 0. The zero-order valence-electron chi connectivity index (χ0n) is 7.63. The smallest absolute Gasteiger partial charge is 0.237 e. The predicted molar refractivity (Wildman–Crippen MR) is 49.3 cm³/mol. The third kappa shape index (κ3) is 3.40. The van der Waals surface area contributed by atoms with Crippen molar-refractivity contribution in [2.45, 2.75) is 26.3 Å². The monoisotopic (exact) mass is 168 g/mol. The van der Waals surface area contributed by atoms with Gasteiger partial charge in [-0.3, -0.25) is 4.79 Å². The third-order valence-corrected chi connectivity index (χ3v) is 1.92. The molecule has 1 amide bonds. The highest BCUT2D eigenvalue weighted by Gasteiger charge is 2.18. The topological polar surface area (TPSA) is 55.1 Å². The molecule has 3 heteroatoms. The Hall–Kier alpha value is -1.01. The van der Waals surface area contributed by atoms with Crippen molar-refractivity contribution in [1.29, 1.82) is 0 Å². The SMILES string of the molecule is C#CCNC(=O)C(N)C(C)CC. The Labute approximate surface area is 73.7 Å². The van der Waals surface area contributed by atoms with Crippen LogP contribution in [0.4, 0.5) is 0 Å². The molecule has 0 fully saturated rings. The number of carbonyl (C=O) groups is 1. The summed E-state index contributed by atoms with van der Waals surface area (Å²) >= 11 is 0. The summed E-state index contributed by atoms with van der Waals surface area (Å²) in [6.45, 7) is 4.20. The lowest BCUT2D eigenvalue weighted by Gasteiger charge is -2.16. The van der Waals surface area contributed by atoms with Gasteiger partial charge in [-0.1, -0.05) is 26.2 Å². The molecule has 0 aliphatic carbocycles. The molecular weight excluding hydrogens is 152 g/mol. The van der Waals surface area contributed by atoms with Crippen LogP contribution in [0.5, 0.6) is 0 Å². The molecule has 0 aliphatic rings. The van der Waals surface area contributed by atoms with Gasteiger partial charge in [-0.15, -0.1) is 6.42 Å². The van der Waals surface area contributed by atoms with Gasteiger partial charge in [0.2, 0.25) is 5.91 Å². The Morgan fingerprint density at radius 1 is 1.75 bits per heavy atom. The van der Waals surface area contributed by atoms with Crippen LogP contribution >= 0.6 is 0 Å². The van der Waals surface area contributed by atoms with E-state index < -0.39 is 6.04 Å². The first-order valence-electron chi connectivity index (χ1n) is 4.10. The lowest BCUT2D eigenvalue weighted by atomic mass is 9.99. The largest absolute Gasteiger partial charge is 0.344 e. The summed E-state index contributed by atoms with van der Waals surface area (Å²) in [6.07, 6.45) is 5.87. The number of amides is 1. The van der Waals surface area contributed by atoms with E-state index in [9.17, 15) is 4.79 Å². The zero-order valence-corrected chi connectivity index (χ0v) is 7.63. The normalized spacial score (nSPS) is 14.5. The molecule has 0 aromatic rings. The second-order valence-corrected chi connectivity index (χ2v) is 2.83. The molecule has 2 atom stereocenters. The summed E-state index contributed by atoms with van der Waals surface area (Å²) in [5, 5.41) is 2.55. The predicted octanol–water partition coefficient (Wildman–Crippen LogP) is 0.109. The number of rotatable bonds is 4. The first-order valence-corrected chi connectivity index (χ1v) is 4.10. The molecule has 0 aromatic carbocycles. The minimum absolute atomic E-state index is 0.165. The maximum Gasteiger partial charge on any atom is 0.237 e. The molecule has 3 nitrogen and oxygen atoms in total. The van der Waals surface area contributed by atoms with Crippen molar-refractivity contribution in [2.24, 2.45) is 11.7 Å². The van der Waals surface area contributed by atoms with E-state index in [2.05, 4.69) is 11.2 Å². The van der Waals surface area contributed by atoms with Gasteiger partial charge in [-0.05, 0) is 5.92 Å². The van der Waals surface area contributed by atoms with Gasteiger partial charge in [0.25, 0.3) is 0 Å². The number of nitrogens with one attached hydrogen (secondary N) is 1. The van der Waals surface area contributed by atoms with Crippen molar-refractivity contribution in [1.82, 2.24) is 5.32 Å². The van der Waals surface area contributed by atoms with Gasteiger partial charge in [-0.2, -0.15) is 0 Å². The number of carbonyl (C=O) groups excluding carboxylic acids is 1. The highest BCUT2D eigenvalue weighted by Crippen LogP contribution is 2.04. The van der Waals surface area contributed by atoms with Crippen LogP contribution < -0.4 is 11.1 Å². The van der Waals surface area contributed by atoms with Gasteiger partial charge in [-0.25, -0.2) is 0 Å². The van der Waals surface area contributed by atoms with E-state index in [1.54, 1.807) is 0 Å². The molecule has 0 aliphatic heterocycles. The summed E-state index contributed by atoms with van der Waals surface area (Å²) in [4.78, 5) is 11.2. The number of hydrogen-bond donors (Lipinski definition) is 2. The average Bonchev–Trinajstić information content (AvgIpc) is 2.11. The third-order valence-electron chi connectivity index (χ3n) is 1.92. The first kappa shape index (κ1) is 11.0. The van der Waals surface area contributed by atoms with Crippen molar-refractivity contribution in [3.63, 3.8) is 0 Å². The molecular formula is C9H16N2O. The van der Waals surface area contributed by atoms with Crippen LogP contribution in [0.25, 0.3) is 0 Å². The minimum atomic E-state index is -0.441. The summed E-state index contributed by atoms with van der Waals surface area (Å²) in [7, 11) is 0. The highest BCUT2D eigenvalue weighted by atomic mass is 16.2. The fraction of sp³-hybridized carbons (Fsp3) is 0.667. The standard InChI is InChI=1S/C9H16N2O/c1-4-6-11-9(12)8(10)7(3)5-2/h1,7-8H,5-6,10H2,2-3H3,(H,11,12). The van der Waals surface area contributed by atoms with E-state index >= 15 is 0 Å². The average molecular weight is 168 g/mol. The van der Waals surface area contributed by atoms with Crippen LogP contribution in [0.1, 0.15) is 20.3 Å². The zero-order chi connectivity index (χ0) is 9.56. The van der Waals surface area contributed by atoms with E-state index in [0.717, 1.165) is 6.42 Å². The van der Waals surface area contributed by atoms with E-state index in [0.29, 0.717) is 0 Å². The summed E-state index contributed by atoms with van der Waals surface area (Å²) in [5.74, 6) is 2.36. The van der Waals surface area contributed by atoms with Gasteiger partial charge < -0.3 is 11.1 Å². The Bertz CT molecular complexity index is 183. The van der Waals surface area contributed by atoms with Gasteiger partial charge in [0.15, 0.2) is 0 Å². The molecule has 0 bridgehead atoms. The Kier molecular flexibility index (Phi) is 5.14. The van der Waals surface area contributed by atoms with Crippen LogP contribution in [0.15, 0.2) is 0 Å². The van der Waals surface area contributed by atoms with Crippen molar-refractivity contribution in [3.8, 4) is 12.3 Å². The fourth-order valence-electron chi connectivity index (χ4n) is 0.768. The molecule has 0 aromatic heterocycles. The molecule has 0 rings (SSSR count). The second kappa shape index (κ2) is 5.62. The molecule has 2 unspecified atom stereocenters. The van der Waals surface area contributed by atoms with E-state index in [1.807, 2.05) is 13.8 Å². The lowest BCUT2D eigenvalue weighted by molar-refractivity contribution is -0.123. The second-order valence-electron chi connectivity index (χ2n) is 2.83. The van der Waals surface area contributed by atoms with Crippen molar-refractivity contribution in [2.75, 3.05) is 6.54 Å². The first-order chi connectivity index (χ1) is 5.63. The lowest BCUT2D eigenvalue weighted by Crippen LogP contribution is -2.44. The van der Waals surface area contributed by atoms with Gasteiger partial charge in [0, 0.05) is 0 Å². The molecule has 0 heterocycles. The molecule has 0 saturated carbocycles. The van der Waals surface area contributed by atoms with E-state index in [1.165, 1.54) is 0 Å². The molecule has 0 radical (unpaired) electrons. The van der Waals surface area contributed by atoms with Crippen LogP contribution in [0.2, 0.25) is 0 Å². The summed E-state index contributed by atoms with van der Waals surface area (Å²) in [6, 6.07) is -0.441. The summed E-state index contributed by atoms with van der Waals surface area (Å²) in [5.41, 5.74) is 5.63. The van der Waals surface area contributed by atoms with E-state index in [4.69, 9.17) is 12.2 Å². The number of nitrogens with two attached hydrogens (primary N) is 1. The Morgan fingerprint density at radius 2 is 2.33 bits per heavy atom. The Balaban J connectivity index is 3.85. The number of terminal acetylenes is 1. The quantitative estimate of drug-likeness (QED) is 0.585. The maximum atomic E-state index is 11.2. The molecule has 12 heavy (non-hydrogen) atoms. The molecule has 3 N–H and O–H groups in total. The number of hydrogen-bond acceptors (Lipinski definition) is 2. The Morgan fingerprint density at radius 3 is 2.75 bits per heavy atom. The highest BCUT2D eigenvalue weighted by molar-refractivity contribution is 5.81. The van der Waals surface area contributed by atoms with Crippen molar-refractivity contribution >= 4 is 5.91 Å². The van der Waals surface area contributed by atoms with Crippen LogP contribution in [0, 0.1) is 18.3 Å². The van der Waals surface area contributed by atoms with Crippen LogP contribution in [0.3, 0.4) is 0 Å². The molecule has 68 valence electrons. The fourth-order valence-corrected chi connectivity index (χ4v) is 0.768. The maximum absolute atomic E-state index is 11.2. The van der Waals surface area contributed by atoms with Gasteiger partial charge >= 0.3 is 0 Å². The minimum Gasteiger partial charge on any atom is -0.344 e. The van der Waals surface area contributed by atoms with Crippen molar-refractivity contribution in [3.05, 3.63) is 0 Å². The van der Waals surface area contributed by atoms with Crippen molar-refractivity contribution < 1.29 is 4.79 Å². The van der Waals surface area contributed by atoms with Crippen LogP contribution in [-0.2, 0) is 4.79 Å². The van der Waals surface area contributed by atoms with Gasteiger partial charge in [0.05, 0.1) is 12.6 Å². The molecule has 0 saturated heterocycles. The molecule has 0 spiro atoms.